The van der Waals surface area contributed by atoms with Crippen LogP contribution in [0.5, 0.6) is 0 Å². The van der Waals surface area contributed by atoms with Crippen molar-refractivity contribution in [2.24, 2.45) is 5.10 Å². The van der Waals surface area contributed by atoms with Crippen LogP contribution in [0.2, 0.25) is 0 Å². The molecule has 0 atom stereocenters. The average molecular weight is 343 g/mol. The topological polar surface area (TPSA) is 62.7 Å². The zero-order chi connectivity index (χ0) is 17.1. The number of halogens is 2. The quantitative estimate of drug-likeness (QED) is 0.250. The van der Waals surface area contributed by atoms with E-state index < -0.39 is 11.6 Å². The first-order valence-corrected chi connectivity index (χ1v) is 7.52. The second kappa shape index (κ2) is 10.6. The summed E-state index contributed by atoms with van der Waals surface area (Å²) in [4.78, 5) is 10.9. The summed E-state index contributed by atoms with van der Waals surface area (Å²) in [5, 5.41) is 7.01. The molecule has 126 valence electrons. The molecule has 0 spiro atoms. The fourth-order valence-corrected chi connectivity index (χ4v) is 1.84. The molecular formula is C15H19F2N3O2S. The van der Waals surface area contributed by atoms with E-state index in [1.165, 1.54) is 19.4 Å². The van der Waals surface area contributed by atoms with Crippen LogP contribution in [0.15, 0.2) is 23.3 Å². The Morgan fingerprint density at radius 3 is 2.83 bits per heavy atom. The Bertz CT molecular complexity index is 568. The number of unbranched alkanes of at least 4 members (excludes halogenated alkanes) is 2. The molecule has 1 rings (SSSR count). The minimum absolute atomic E-state index is 0.157. The van der Waals surface area contributed by atoms with Gasteiger partial charge in [-0.15, -0.1) is 0 Å². The number of methoxy groups -OCH3 is 1. The number of carbonyl (C=O) groups is 1. The predicted molar refractivity (Wildman–Crippen MR) is 88.2 cm³/mol. The maximum atomic E-state index is 13.3. The van der Waals surface area contributed by atoms with E-state index in [9.17, 15) is 13.6 Å². The van der Waals surface area contributed by atoms with Gasteiger partial charge in [0, 0.05) is 24.6 Å². The molecule has 2 N–H and O–H groups in total. The molecule has 0 fully saturated rings. The van der Waals surface area contributed by atoms with Crippen LogP contribution in [0.4, 0.5) is 8.78 Å². The lowest BCUT2D eigenvalue weighted by Gasteiger charge is -2.06. The zero-order valence-electron chi connectivity index (χ0n) is 12.8. The Hall–Kier alpha value is -2.09. The van der Waals surface area contributed by atoms with E-state index in [2.05, 4.69) is 20.6 Å². The van der Waals surface area contributed by atoms with Gasteiger partial charge in [-0.2, -0.15) is 5.10 Å². The van der Waals surface area contributed by atoms with Gasteiger partial charge >= 0.3 is 5.97 Å². The van der Waals surface area contributed by atoms with Gasteiger partial charge in [-0.05, 0) is 37.2 Å². The van der Waals surface area contributed by atoms with Crippen molar-refractivity contribution in [3.8, 4) is 0 Å². The molecule has 0 heterocycles. The molecule has 0 saturated carbocycles. The summed E-state index contributed by atoms with van der Waals surface area (Å²) in [6.45, 7) is 0.632. The number of hydrazone groups is 1. The predicted octanol–water partition coefficient (Wildman–Crippen LogP) is 2.50. The number of nitrogens with one attached hydrogen (secondary N) is 2. The normalized spacial score (nSPS) is 10.6. The SMILES string of the molecule is COC(=O)CCCCCNC(=S)N/N=C\c1ccc(F)cc1F. The van der Waals surface area contributed by atoms with Gasteiger partial charge < -0.3 is 10.1 Å². The number of hydrogen-bond acceptors (Lipinski definition) is 4. The van der Waals surface area contributed by atoms with Crippen LogP contribution in [0.1, 0.15) is 31.2 Å². The lowest BCUT2D eigenvalue weighted by molar-refractivity contribution is -0.140. The summed E-state index contributed by atoms with van der Waals surface area (Å²) in [6, 6.07) is 3.22. The molecule has 0 radical (unpaired) electrons. The highest BCUT2D eigenvalue weighted by molar-refractivity contribution is 7.80. The van der Waals surface area contributed by atoms with E-state index in [1.807, 2.05) is 0 Å². The number of thiocarbonyl (C=S) groups is 1. The average Bonchev–Trinajstić information content (AvgIpc) is 2.52. The Balaban J connectivity index is 2.17. The molecule has 0 amide bonds. The number of ether oxygens (including phenoxy) is 1. The monoisotopic (exact) mass is 343 g/mol. The smallest absolute Gasteiger partial charge is 0.305 e. The van der Waals surface area contributed by atoms with Crippen LogP contribution in [-0.4, -0.2) is 31.0 Å². The zero-order valence-corrected chi connectivity index (χ0v) is 13.6. The molecular weight excluding hydrogens is 324 g/mol. The highest BCUT2D eigenvalue weighted by Crippen LogP contribution is 2.06. The molecule has 23 heavy (non-hydrogen) atoms. The van der Waals surface area contributed by atoms with Crippen LogP contribution in [0.3, 0.4) is 0 Å². The fourth-order valence-electron chi connectivity index (χ4n) is 1.68. The van der Waals surface area contributed by atoms with Crippen molar-refractivity contribution >= 4 is 29.5 Å². The third kappa shape index (κ3) is 8.20. The van der Waals surface area contributed by atoms with E-state index in [1.54, 1.807) is 0 Å². The third-order valence-electron chi connectivity index (χ3n) is 2.90. The first-order chi connectivity index (χ1) is 11.0. The number of rotatable bonds is 8. The molecule has 0 aliphatic rings. The minimum Gasteiger partial charge on any atom is -0.469 e. The molecule has 8 heteroatoms. The highest BCUT2D eigenvalue weighted by Gasteiger charge is 2.01. The van der Waals surface area contributed by atoms with Crippen molar-refractivity contribution in [3.05, 3.63) is 35.4 Å². The lowest BCUT2D eigenvalue weighted by Crippen LogP contribution is -2.32. The molecule has 0 aliphatic heterocycles. The Kier molecular flexibility index (Phi) is 8.74. The number of esters is 1. The summed E-state index contributed by atoms with van der Waals surface area (Å²) in [7, 11) is 1.37. The second-order valence-corrected chi connectivity index (χ2v) is 5.09. The maximum absolute atomic E-state index is 13.3. The summed E-state index contributed by atoms with van der Waals surface area (Å²) in [5.41, 5.74) is 2.70. The van der Waals surface area contributed by atoms with Gasteiger partial charge in [-0.3, -0.25) is 10.2 Å². The molecule has 0 bridgehead atoms. The summed E-state index contributed by atoms with van der Waals surface area (Å²) < 4.78 is 30.6. The largest absolute Gasteiger partial charge is 0.469 e. The van der Waals surface area contributed by atoms with Gasteiger partial charge in [0.25, 0.3) is 0 Å². The molecule has 1 aromatic rings. The molecule has 0 aliphatic carbocycles. The summed E-state index contributed by atoms with van der Waals surface area (Å²) in [5.74, 6) is -1.55. The maximum Gasteiger partial charge on any atom is 0.305 e. The van der Waals surface area contributed by atoms with Crippen LogP contribution in [0.25, 0.3) is 0 Å². The highest BCUT2D eigenvalue weighted by atomic mass is 32.1. The number of nitrogens with zero attached hydrogens (tertiary/aromatic N) is 1. The Morgan fingerprint density at radius 2 is 2.13 bits per heavy atom. The minimum atomic E-state index is -0.694. The van der Waals surface area contributed by atoms with E-state index in [0.29, 0.717) is 18.1 Å². The standard InChI is InChI=1S/C15H19F2N3O2S/c1-22-14(21)5-3-2-4-8-18-15(23)20-19-10-11-6-7-12(16)9-13(11)17/h6-7,9-10H,2-5,8H2,1H3,(H2,18,20,23)/b19-10-. The van der Waals surface area contributed by atoms with E-state index in [0.717, 1.165) is 31.4 Å². The van der Waals surface area contributed by atoms with Crippen molar-refractivity contribution in [1.29, 1.82) is 0 Å². The first kappa shape index (κ1) is 19.0. The Labute approximate surface area is 139 Å². The lowest BCUT2D eigenvalue weighted by atomic mass is 10.2. The van der Waals surface area contributed by atoms with Gasteiger partial charge in [0.05, 0.1) is 13.3 Å². The molecule has 0 saturated heterocycles. The van der Waals surface area contributed by atoms with Crippen LogP contribution >= 0.6 is 12.2 Å². The fraction of sp³-hybridized carbons (Fsp3) is 0.400. The van der Waals surface area contributed by atoms with E-state index in [4.69, 9.17) is 12.2 Å². The van der Waals surface area contributed by atoms with Crippen molar-refractivity contribution in [3.63, 3.8) is 0 Å². The first-order valence-electron chi connectivity index (χ1n) is 7.11. The van der Waals surface area contributed by atoms with Crippen LogP contribution < -0.4 is 10.7 Å². The van der Waals surface area contributed by atoms with Crippen LogP contribution in [0, 0.1) is 11.6 Å². The van der Waals surface area contributed by atoms with E-state index in [-0.39, 0.29) is 11.5 Å². The van der Waals surface area contributed by atoms with Crippen LogP contribution in [-0.2, 0) is 9.53 Å². The van der Waals surface area contributed by atoms with Crippen molar-refractivity contribution in [2.45, 2.75) is 25.7 Å². The van der Waals surface area contributed by atoms with Gasteiger partial charge in [0.15, 0.2) is 5.11 Å². The molecule has 0 aromatic heterocycles. The number of hydrogen-bond donors (Lipinski definition) is 2. The van der Waals surface area contributed by atoms with Gasteiger partial charge in [-0.1, -0.05) is 6.42 Å². The van der Waals surface area contributed by atoms with Gasteiger partial charge in [0.1, 0.15) is 11.6 Å². The summed E-state index contributed by atoms with van der Waals surface area (Å²) in [6.07, 6.45) is 4.10. The molecule has 0 unspecified atom stereocenters. The summed E-state index contributed by atoms with van der Waals surface area (Å²) >= 11 is 5.00. The van der Waals surface area contributed by atoms with Crippen molar-refractivity contribution < 1.29 is 18.3 Å². The van der Waals surface area contributed by atoms with Crippen molar-refractivity contribution in [1.82, 2.24) is 10.7 Å². The third-order valence-corrected chi connectivity index (χ3v) is 3.14. The second-order valence-electron chi connectivity index (χ2n) is 4.68. The van der Waals surface area contributed by atoms with Gasteiger partial charge in [-0.25, -0.2) is 8.78 Å². The number of benzene rings is 1. The Morgan fingerprint density at radius 1 is 1.35 bits per heavy atom. The molecule has 5 nitrogen and oxygen atoms in total. The van der Waals surface area contributed by atoms with E-state index >= 15 is 0 Å². The van der Waals surface area contributed by atoms with Gasteiger partial charge in [0.2, 0.25) is 0 Å². The molecule has 1 aromatic carbocycles. The van der Waals surface area contributed by atoms with Crippen molar-refractivity contribution in [2.75, 3.05) is 13.7 Å². The number of carbonyl (C=O) groups excluding carboxylic acids is 1.